The molecule has 0 fully saturated rings. The third kappa shape index (κ3) is 3.79. The Morgan fingerprint density at radius 3 is 2.68 bits per heavy atom. The fourth-order valence-electron chi connectivity index (χ4n) is 3.65. The number of hydrogen-bond acceptors (Lipinski definition) is 4. The molecule has 28 heavy (non-hydrogen) atoms. The molecule has 144 valence electrons. The van der Waals surface area contributed by atoms with Crippen LogP contribution < -0.4 is 5.56 Å². The molecule has 3 heterocycles. The van der Waals surface area contributed by atoms with Crippen LogP contribution >= 0.6 is 11.3 Å². The van der Waals surface area contributed by atoms with Crippen molar-refractivity contribution in [3.05, 3.63) is 70.0 Å². The zero-order valence-corrected chi connectivity index (χ0v) is 17.2. The highest BCUT2D eigenvalue weighted by Gasteiger charge is 2.10. The summed E-state index contributed by atoms with van der Waals surface area (Å²) in [5.41, 5.74) is 5.07. The molecule has 0 radical (unpaired) electrons. The summed E-state index contributed by atoms with van der Waals surface area (Å²) in [5, 5.41) is 4.16. The minimum Gasteiger partial charge on any atom is -0.315 e. The fourth-order valence-corrected chi connectivity index (χ4v) is 4.28. The van der Waals surface area contributed by atoms with E-state index in [1.807, 2.05) is 24.7 Å². The second kappa shape index (κ2) is 7.73. The maximum Gasteiger partial charge on any atom is 0.251 e. The summed E-state index contributed by atoms with van der Waals surface area (Å²) in [5.74, 6) is 0.413. The van der Waals surface area contributed by atoms with Gasteiger partial charge in [0.2, 0.25) is 0 Å². The van der Waals surface area contributed by atoms with Crippen LogP contribution in [0, 0.1) is 5.92 Å². The maximum absolute atomic E-state index is 12.6. The summed E-state index contributed by atoms with van der Waals surface area (Å²) in [4.78, 5) is 19.3. The number of hydrogen-bond donors (Lipinski definition) is 0. The summed E-state index contributed by atoms with van der Waals surface area (Å²) >= 11 is 1.67. The van der Waals surface area contributed by atoms with Gasteiger partial charge in [-0.15, -0.1) is 0 Å². The number of rotatable bonds is 6. The van der Waals surface area contributed by atoms with Gasteiger partial charge in [-0.25, -0.2) is 4.98 Å². The molecule has 1 aromatic carbocycles. The van der Waals surface area contributed by atoms with Gasteiger partial charge >= 0.3 is 0 Å². The van der Waals surface area contributed by atoms with E-state index in [2.05, 4.69) is 64.4 Å². The van der Waals surface area contributed by atoms with Crippen molar-refractivity contribution in [3.8, 4) is 16.8 Å². The van der Waals surface area contributed by atoms with Gasteiger partial charge in [0.25, 0.3) is 5.56 Å². The minimum absolute atomic E-state index is 0.0343. The Hall–Kier alpha value is -2.70. The molecule has 1 atom stereocenters. The first-order chi connectivity index (χ1) is 13.5. The van der Waals surface area contributed by atoms with Crippen molar-refractivity contribution in [2.75, 3.05) is 20.6 Å². The number of aromatic nitrogens is 3. The predicted octanol–water partition coefficient (Wildman–Crippen LogP) is 4.11. The van der Waals surface area contributed by atoms with E-state index in [1.54, 1.807) is 22.0 Å². The van der Waals surface area contributed by atoms with E-state index < -0.39 is 0 Å². The van der Waals surface area contributed by atoms with Crippen LogP contribution in [0.25, 0.3) is 27.8 Å². The summed E-state index contributed by atoms with van der Waals surface area (Å²) in [7, 11) is 4.11. The molecule has 0 aliphatic heterocycles. The standard InChI is InChI=1S/C22H24N4OS/c1-16(12-24(2)3)13-25-8-6-18(11-22(25)27)17-4-5-21-20(10-17)23-15-26(21)19-7-9-28-14-19/h4-11,14-16H,12-13H2,1-3H3. The van der Waals surface area contributed by atoms with Gasteiger partial charge in [-0.3, -0.25) is 9.36 Å². The molecular weight excluding hydrogens is 368 g/mol. The Kier molecular flexibility index (Phi) is 5.15. The molecule has 0 N–H and O–H groups in total. The number of fused-ring (bicyclic) bond motifs is 1. The molecule has 4 rings (SSSR count). The molecular formula is C22H24N4OS. The Labute approximate surface area is 168 Å². The van der Waals surface area contributed by atoms with Crippen LogP contribution in [0.4, 0.5) is 0 Å². The van der Waals surface area contributed by atoms with Crippen LogP contribution in [0.1, 0.15) is 6.92 Å². The van der Waals surface area contributed by atoms with Crippen LogP contribution in [0.3, 0.4) is 0 Å². The lowest BCUT2D eigenvalue weighted by Crippen LogP contribution is -2.27. The van der Waals surface area contributed by atoms with E-state index in [0.717, 1.165) is 40.9 Å². The highest BCUT2D eigenvalue weighted by molar-refractivity contribution is 7.08. The molecule has 3 aromatic heterocycles. The van der Waals surface area contributed by atoms with E-state index in [-0.39, 0.29) is 5.56 Å². The summed E-state index contributed by atoms with van der Waals surface area (Å²) in [6, 6.07) is 12.0. The second-order valence-corrected chi connectivity index (χ2v) is 8.35. The fraction of sp³-hybridized carbons (Fsp3) is 0.273. The van der Waals surface area contributed by atoms with Gasteiger partial charge in [-0.2, -0.15) is 11.3 Å². The lowest BCUT2D eigenvalue weighted by atomic mass is 10.1. The normalized spacial score (nSPS) is 12.7. The average Bonchev–Trinajstić information content (AvgIpc) is 3.31. The Bertz CT molecular complexity index is 1140. The van der Waals surface area contributed by atoms with Gasteiger partial charge < -0.3 is 9.47 Å². The monoisotopic (exact) mass is 392 g/mol. The summed E-state index contributed by atoms with van der Waals surface area (Å²) in [6.45, 7) is 3.84. The van der Waals surface area contributed by atoms with E-state index in [0.29, 0.717) is 5.92 Å². The molecule has 6 heteroatoms. The van der Waals surface area contributed by atoms with Crippen LogP contribution in [0.15, 0.2) is 64.5 Å². The van der Waals surface area contributed by atoms with Gasteiger partial charge in [0.15, 0.2) is 0 Å². The topological polar surface area (TPSA) is 43.1 Å². The first kappa shape index (κ1) is 18.7. The molecule has 4 aromatic rings. The van der Waals surface area contributed by atoms with Crippen molar-refractivity contribution in [1.29, 1.82) is 0 Å². The maximum atomic E-state index is 12.6. The molecule has 0 amide bonds. The number of nitrogens with zero attached hydrogens (tertiary/aromatic N) is 4. The SMILES string of the molecule is CC(CN(C)C)Cn1ccc(-c2ccc3c(c2)ncn3-c2ccsc2)cc1=O. The molecule has 0 spiro atoms. The van der Waals surface area contributed by atoms with E-state index in [1.165, 1.54) is 0 Å². The van der Waals surface area contributed by atoms with Gasteiger partial charge in [0, 0.05) is 30.7 Å². The summed E-state index contributed by atoms with van der Waals surface area (Å²) < 4.78 is 3.88. The van der Waals surface area contributed by atoms with Gasteiger partial charge in [0.05, 0.1) is 16.7 Å². The van der Waals surface area contributed by atoms with Crippen LogP contribution in [-0.4, -0.2) is 39.7 Å². The number of pyridine rings is 1. The Balaban J connectivity index is 1.61. The molecule has 0 aliphatic carbocycles. The van der Waals surface area contributed by atoms with E-state index in [9.17, 15) is 4.79 Å². The Morgan fingerprint density at radius 2 is 1.96 bits per heavy atom. The van der Waals surface area contributed by atoms with Crippen molar-refractivity contribution >= 4 is 22.4 Å². The lowest BCUT2D eigenvalue weighted by molar-refractivity contribution is 0.313. The number of thiophene rings is 1. The lowest BCUT2D eigenvalue weighted by Gasteiger charge is -2.18. The van der Waals surface area contributed by atoms with E-state index >= 15 is 0 Å². The third-order valence-electron chi connectivity index (χ3n) is 4.85. The van der Waals surface area contributed by atoms with Gasteiger partial charge in [0.1, 0.15) is 6.33 Å². The third-order valence-corrected chi connectivity index (χ3v) is 5.52. The van der Waals surface area contributed by atoms with Crippen LogP contribution in [0.2, 0.25) is 0 Å². The van der Waals surface area contributed by atoms with Gasteiger partial charge in [-0.05, 0) is 60.8 Å². The first-order valence-corrected chi connectivity index (χ1v) is 10.3. The van der Waals surface area contributed by atoms with Crippen molar-refractivity contribution < 1.29 is 0 Å². The first-order valence-electron chi connectivity index (χ1n) is 9.36. The van der Waals surface area contributed by atoms with Crippen molar-refractivity contribution in [2.24, 2.45) is 5.92 Å². The molecule has 1 unspecified atom stereocenters. The zero-order valence-electron chi connectivity index (χ0n) is 16.4. The highest BCUT2D eigenvalue weighted by Crippen LogP contribution is 2.25. The molecule has 0 saturated carbocycles. The number of imidazole rings is 1. The Morgan fingerprint density at radius 1 is 1.14 bits per heavy atom. The molecule has 5 nitrogen and oxygen atoms in total. The smallest absolute Gasteiger partial charge is 0.251 e. The van der Waals surface area contributed by atoms with Crippen molar-refractivity contribution in [2.45, 2.75) is 13.5 Å². The van der Waals surface area contributed by atoms with Gasteiger partial charge in [-0.1, -0.05) is 13.0 Å². The largest absolute Gasteiger partial charge is 0.315 e. The summed E-state index contributed by atoms with van der Waals surface area (Å²) in [6.07, 6.45) is 3.75. The second-order valence-electron chi connectivity index (χ2n) is 7.57. The average molecular weight is 393 g/mol. The molecule has 0 saturated heterocycles. The van der Waals surface area contributed by atoms with Crippen molar-refractivity contribution in [3.63, 3.8) is 0 Å². The van der Waals surface area contributed by atoms with Crippen LogP contribution in [-0.2, 0) is 6.54 Å². The number of benzene rings is 1. The van der Waals surface area contributed by atoms with E-state index in [4.69, 9.17) is 0 Å². The highest BCUT2D eigenvalue weighted by atomic mass is 32.1. The minimum atomic E-state index is 0.0343. The van der Waals surface area contributed by atoms with Crippen LogP contribution in [0.5, 0.6) is 0 Å². The predicted molar refractivity (Wildman–Crippen MR) is 116 cm³/mol. The van der Waals surface area contributed by atoms with Crippen molar-refractivity contribution in [1.82, 2.24) is 19.0 Å². The quantitative estimate of drug-likeness (QED) is 0.496. The molecule has 0 aliphatic rings. The zero-order chi connectivity index (χ0) is 19.7. The molecule has 0 bridgehead atoms.